The van der Waals surface area contributed by atoms with Crippen molar-refractivity contribution in [2.24, 2.45) is 0 Å². The summed E-state index contributed by atoms with van der Waals surface area (Å²) < 4.78 is 0. The van der Waals surface area contributed by atoms with Crippen LogP contribution in [0.5, 0.6) is 0 Å². The molecule has 3 N–H and O–H groups in total. The molecule has 0 aromatic carbocycles. The Morgan fingerprint density at radius 1 is 0.333 bits per heavy atom. The molecule has 0 rings (SSSR count). The third kappa shape index (κ3) is 23.3. The van der Waals surface area contributed by atoms with Crippen molar-refractivity contribution in [1.29, 1.82) is 0 Å². The Morgan fingerprint density at radius 3 is 0.745 bits per heavy atom. The maximum atomic E-state index is 13.6. The van der Waals surface area contributed by atoms with Gasteiger partial charge in [0.05, 0.1) is 6.61 Å². The molecule has 0 heterocycles. The van der Waals surface area contributed by atoms with Gasteiger partial charge in [0, 0.05) is 19.3 Å². The number of hydrogen-bond donors (Lipinski definition) is 3. The van der Waals surface area contributed by atoms with E-state index in [2.05, 4.69) is 20.8 Å². The summed E-state index contributed by atoms with van der Waals surface area (Å²) in [5, 5.41) is 33.5. The van der Waals surface area contributed by atoms with Gasteiger partial charge in [0.1, 0.15) is 0 Å². The van der Waals surface area contributed by atoms with Crippen LogP contribution in [-0.4, -0.2) is 50.5 Å². The van der Waals surface area contributed by atoms with Crippen LogP contribution in [0.2, 0.25) is 0 Å². The fourth-order valence-corrected chi connectivity index (χ4v) is 7.44. The summed E-state index contributed by atoms with van der Waals surface area (Å²) in [6.07, 6.45) is 36.7. The molecule has 0 aliphatic carbocycles. The molecule has 2 atom stereocenters. The molecule has 0 aromatic heterocycles. The summed E-state index contributed by atoms with van der Waals surface area (Å²) >= 11 is 0. The third-order valence-corrected chi connectivity index (χ3v) is 11.1. The fourth-order valence-electron chi connectivity index (χ4n) is 7.44. The SMILES string of the molecule is CCCCCCCCCCCCCCCCCC(=O)C(O)(C(=O)CCCCCCCCCCCCCCC)C(O)(CO)C(=O)CCCCCCC. The molecule has 6 heteroatoms. The summed E-state index contributed by atoms with van der Waals surface area (Å²) in [6, 6.07) is 0. The maximum Gasteiger partial charge on any atom is 0.219 e. The van der Waals surface area contributed by atoms with Crippen LogP contribution in [0.4, 0.5) is 0 Å². The van der Waals surface area contributed by atoms with Gasteiger partial charge in [-0.2, -0.15) is 0 Å². The molecule has 302 valence electrons. The Hall–Kier alpha value is -1.11. The zero-order valence-corrected chi connectivity index (χ0v) is 34.2. The first-order chi connectivity index (χ1) is 24.8. The van der Waals surface area contributed by atoms with Crippen LogP contribution in [0.15, 0.2) is 0 Å². The number of ketones is 3. The fraction of sp³-hybridized carbons (Fsp3) is 0.933. The zero-order valence-electron chi connectivity index (χ0n) is 34.2. The largest absolute Gasteiger partial charge is 0.393 e. The van der Waals surface area contributed by atoms with Crippen LogP contribution in [0, 0.1) is 0 Å². The molecule has 0 saturated heterocycles. The summed E-state index contributed by atoms with van der Waals surface area (Å²) in [7, 11) is 0. The van der Waals surface area contributed by atoms with Crippen molar-refractivity contribution in [2.75, 3.05) is 6.61 Å². The number of unbranched alkanes of at least 4 members (excludes halogenated alkanes) is 30. The van der Waals surface area contributed by atoms with E-state index in [1.54, 1.807) is 0 Å². The number of aliphatic hydroxyl groups excluding tert-OH is 1. The van der Waals surface area contributed by atoms with Crippen LogP contribution in [0.1, 0.15) is 252 Å². The zero-order chi connectivity index (χ0) is 37.9. The Morgan fingerprint density at radius 2 is 0.529 bits per heavy atom. The molecule has 0 spiro atoms. The van der Waals surface area contributed by atoms with Crippen molar-refractivity contribution >= 4 is 17.3 Å². The second kappa shape index (κ2) is 34.6. The lowest BCUT2D eigenvalue weighted by molar-refractivity contribution is -0.194. The first-order valence-electron chi connectivity index (χ1n) is 22.4. The van der Waals surface area contributed by atoms with Gasteiger partial charge in [-0.05, 0) is 19.3 Å². The molecule has 2 unspecified atom stereocenters. The number of carbonyl (C=O) groups is 3. The Balaban J connectivity index is 4.81. The number of Topliss-reactive ketones (excluding diaryl/α,β-unsaturated/α-hetero) is 3. The highest BCUT2D eigenvalue weighted by atomic mass is 16.4. The maximum absolute atomic E-state index is 13.6. The summed E-state index contributed by atoms with van der Waals surface area (Å²) in [4.78, 5) is 40.5. The summed E-state index contributed by atoms with van der Waals surface area (Å²) in [5.74, 6) is -2.47. The van der Waals surface area contributed by atoms with Crippen LogP contribution in [-0.2, 0) is 14.4 Å². The minimum absolute atomic E-state index is 0.0820. The van der Waals surface area contributed by atoms with E-state index in [-0.39, 0.29) is 19.3 Å². The molecular formula is C45H86O6. The van der Waals surface area contributed by atoms with Gasteiger partial charge in [-0.25, -0.2) is 0 Å². The molecule has 51 heavy (non-hydrogen) atoms. The molecule has 0 radical (unpaired) electrons. The molecule has 6 nitrogen and oxygen atoms in total. The molecule has 0 fully saturated rings. The van der Waals surface area contributed by atoms with E-state index < -0.39 is 35.2 Å². The van der Waals surface area contributed by atoms with E-state index in [1.807, 2.05) is 0 Å². The van der Waals surface area contributed by atoms with Crippen molar-refractivity contribution in [1.82, 2.24) is 0 Å². The average molecular weight is 723 g/mol. The third-order valence-electron chi connectivity index (χ3n) is 11.1. The van der Waals surface area contributed by atoms with Gasteiger partial charge in [0.15, 0.2) is 23.0 Å². The van der Waals surface area contributed by atoms with Gasteiger partial charge >= 0.3 is 0 Å². The highest BCUT2D eigenvalue weighted by Crippen LogP contribution is 2.32. The van der Waals surface area contributed by atoms with E-state index in [4.69, 9.17) is 0 Å². The predicted molar refractivity (Wildman–Crippen MR) is 215 cm³/mol. The monoisotopic (exact) mass is 723 g/mol. The first kappa shape index (κ1) is 49.9. The lowest BCUT2D eigenvalue weighted by Crippen LogP contribution is -2.69. The number of rotatable bonds is 41. The Kier molecular flexibility index (Phi) is 33.9. The molecule has 0 aliphatic heterocycles. The van der Waals surface area contributed by atoms with Crippen LogP contribution in [0.3, 0.4) is 0 Å². The molecule has 0 aromatic rings. The Labute approximate surface area is 316 Å². The van der Waals surface area contributed by atoms with Crippen molar-refractivity contribution < 1.29 is 29.7 Å². The van der Waals surface area contributed by atoms with Crippen LogP contribution < -0.4 is 0 Å². The first-order valence-corrected chi connectivity index (χ1v) is 22.4. The quantitative estimate of drug-likeness (QED) is 0.0428. The van der Waals surface area contributed by atoms with Gasteiger partial charge in [-0.15, -0.1) is 0 Å². The standard InChI is InChI=1S/C45H86O6/c1-4-7-10-13-15-17-19-21-22-24-26-28-30-33-36-39-43(49)45(51,44(50,40-46)41(47)37-34-31-12-9-6-3)42(48)38-35-32-29-27-25-23-20-18-16-14-11-8-5-2/h46,50-51H,4-40H2,1-3H3. The van der Waals surface area contributed by atoms with Gasteiger partial charge in [-0.1, -0.05) is 213 Å². The van der Waals surface area contributed by atoms with E-state index in [1.165, 1.54) is 128 Å². The second-order valence-corrected chi connectivity index (χ2v) is 15.9. The van der Waals surface area contributed by atoms with Crippen molar-refractivity contribution in [3.05, 3.63) is 0 Å². The highest BCUT2D eigenvalue weighted by molar-refractivity contribution is 6.16. The molecule has 0 amide bonds. The minimum atomic E-state index is -2.91. The minimum Gasteiger partial charge on any atom is -0.393 e. The van der Waals surface area contributed by atoms with Crippen LogP contribution >= 0.6 is 0 Å². The Bertz CT molecular complexity index is 828. The van der Waals surface area contributed by atoms with E-state index in [0.717, 1.165) is 64.2 Å². The highest BCUT2D eigenvalue weighted by Gasteiger charge is 2.62. The lowest BCUT2D eigenvalue weighted by Gasteiger charge is -2.39. The van der Waals surface area contributed by atoms with Crippen molar-refractivity contribution in [3.63, 3.8) is 0 Å². The van der Waals surface area contributed by atoms with E-state index >= 15 is 0 Å². The number of hydrogen-bond acceptors (Lipinski definition) is 6. The number of carbonyl (C=O) groups excluding carboxylic acids is 3. The molecule has 0 saturated carbocycles. The van der Waals surface area contributed by atoms with Gasteiger partial charge < -0.3 is 15.3 Å². The molecule has 0 bridgehead atoms. The summed E-state index contributed by atoms with van der Waals surface area (Å²) in [5.41, 5.74) is -5.71. The molecular weight excluding hydrogens is 636 g/mol. The van der Waals surface area contributed by atoms with Gasteiger partial charge in [-0.3, -0.25) is 14.4 Å². The normalized spacial score (nSPS) is 14.0. The van der Waals surface area contributed by atoms with E-state index in [0.29, 0.717) is 19.3 Å². The average Bonchev–Trinajstić information content (AvgIpc) is 3.13. The van der Waals surface area contributed by atoms with Crippen molar-refractivity contribution in [2.45, 2.75) is 263 Å². The topological polar surface area (TPSA) is 112 Å². The molecule has 0 aliphatic rings. The van der Waals surface area contributed by atoms with Crippen LogP contribution in [0.25, 0.3) is 0 Å². The van der Waals surface area contributed by atoms with Gasteiger partial charge in [0.25, 0.3) is 0 Å². The smallest absolute Gasteiger partial charge is 0.219 e. The second-order valence-electron chi connectivity index (χ2n) is 15.9. The van der Waals surface area contributed by atoms with E-state index in [9.17, 15) is 29.7 Å². The predicted octanol–water partition coefficient (Wildman–Crippen LogP) is 12.3. The van der Waals surface area contributed by atoms with Crippen molar-refractivity contribution in [3.8, 4) is 0 Å². The summed E-state index contributed by atoms with van der Waals surface area (Å²) in [6.45, 7) is 5.45. The number of aliphatic hydroxyl groups is 3. The lowest BCUT2D eigenvalue weighted by atomic mass is 9.71. The van der Waals surface area contributed by atoms with Gasteiger partial charge in [0.2, 0.25) is 5.60 Å².